The van der Waals surface area contributed by atoms with Gasteiger partial charge in [-0.3, -0.25) is 9.59 Å². The number of nitrogens with one attached hydrogen (secondary N) is 2. The van der Waals surface area contributed by atoms with Crippen molar-refractivity contribution in [2.45, 2.75) is 32.0 Å². The molecular formula is C29H29F3N6O6S. The number of amides is 2. The first-order chi connectivity index (χ1) is 21.5. The van der Waals surface area contributed by atoms with Crippen LogP contribution >= 0.6 is 0 Å². The maximum absolute atomic E-state index is 13.6. The van der Waals surface area contributed by atoms with Gasteiger partial charge in [-0.1, -0.05) is 35.5 Å². The molecule has 1 saturated heterocycles. The first kappa shape index (κ1) is 31.8. The van der Waals surface area contributed by atoms with Crippen LogP contribution in [-0.2, 0) is 21.4 Å². The van der Waals surface area contributed by atoms with E-state index in [0.29, 0.717) is 25.1 Å². The zero-order valence-corrected chi connectivity index (χ0v) is 24.6. The number of fused-ring (bicyclic) bond motifs is 1. The maximum atomic E-state index is 13.6. The number of pyridine rings is 1. The molecule has 1 fully saturated rings. The summed E-state index contributed by atoms with van der Waals surface area (Å²) in [6.07, 6.45) is -1.62. The summed E-state index contributed by atoms with van der Waals surface area (Å²) in [7, 11) is -4.69. The molecule has 16 heteroatoms. The highest BCUT2D eigenvalue weighted by molar-refractivity contribution is 7.87. The maximum Gasteiger partial charge on any atom is 0.390 e. The molecule has 0 aliphatic carbocycles. The lowest BCUT2D eigenvalue weighted by molar-refractivity contribution is -0.130. The number of alkyl halides is 3. The van der Waals surface area contributed by atoms with Crippen molar-refractivity contribution in [2.24, 2.45) is 5.92 Å². The van der Waals surface area contributed by atoms with Gasteiger partial charge >= 0.3 is 16.3 Å². The average molecular weight is 647 g/mol. The predicted octanol–water partition coefficient (Wildman–Crippen LogP) is 3.94. The van der Waals surface area contributed by atoms with E-state index < -0.39 is 46.2 Å². The van der Waals surface area contributed by atoms with Crippen molar-refractivity contribution in [3.63, 3.8) is 0 Å². The molecule has 1 aliphatic rings. The molecule has 0 unspecified atom stereocenters. The van der Waals surface area contributed by atoms with Gasteiger partial charge in [0, 0.05) is 37.6 Å². The molecule has 45 heavy (non-hydrogen) atoms. The minimum absolute atomic E-state index is 0.0553. The van der Waals surface area contributed by atoms with E-state index in [9.17, 15) is 31.2 Å². The molecule has 4 aromatic rings. The van der Waals surface area contributed by atoms with Crippen LogP contribution in [0.1, 0.15) is 45.7 Å². The average Bonchev–Trinajstić information content (AvgIpc) is 3.53. The Morgan fingerprint density at radius 1 is 1.02 bits per heavy atom. The van der Waals surface area contributed by atoms with E-state index in [1.807, 2.05) is 12.1 Å². The van der Waals surface area contributed by atoms with Gasteiger partial charge in [0.2, 0.25) is 5.88 Å². The molecule has 2 aromatic carbocycles. The minimum Gasteiger partial charge on any atom is -0.381 e. The number of carbonyl (C=O) groups is 2. The molecule has 12 nitrogen and oxygen atoms in total. The Balaban J connectivity index is 1.41. The van der Waals surface area contributed by atoms with Crippen LogP contribution in [0.25, 0.3) is 10.8 Å². The molecule has 5 rings (SSSR count). The first-order valence-corrected chi connectivity index (χ1v) is 15.6. The van der Waals surface area contributed by atoms with E-state index in [2.05, 4.69) is 25.9 Å². The van der Waals surface area contributed by atoms with Crippen LogP contribution in [0.2, 0.25) is 0 Å². The van der Waals surface area contributed by atoms with Crippen molar-refractivity contribution in [3.05, 3.63) is 77.7 Å². The summed E-state index contributed by atoms with van der Waals surface area (Å²) in [4.78, 5) is 30.9. The SMILES string of the molecule is O=C(NCC1CCOCC1)c1nc(OS(=O)(=O)CCC(F)(F)F)ccc1NC(=O)c1ccc(Cn2ccnn2)c2ccccc12. The lowest BCUT2D eigenvalue weighted by Crippen LogP contribution is -2.33. The van der Waals surface area contributed by atoms with Gasteiger partial charge in [0.25, 0.3) is 11.8 Å². The summed E-state index contributed by atoms with van der Waals surface area (Å²) in [5, 5.41) is 14.6. The van der Waals surface area contributed by atoms with E-state index in [0.717, 1.165) is 29.9 Å². The van der Waals surface area contributed by atoms with Crippen molar-refractivity contribution in [3.8, 4) is 5.88 Å². The van der Waals surface area contributed by atoms with Crippen molar-refractivity contribution in [1.82, 2.24) is 25.3 Å². The van der Waals surface area contributed by atoms with Crippen molar-refractivity contribution >= 4 is 38.4 Å². The molecule has 238 valence electrons. The fourth-order valence-electron chi connectivity index (χ4n) is 4.82. The lowest BCUT2D eigenvalue weighted by atomic mass is 9.99. The van der Waals surface area contributed by atoms with E-state index in [1.165, 1.54) is 6.07 Å². The molecule has 3 heterocycles. The van der Waals surface area contributed by atoms with Gasteiger partial charge < -0.3 is 19.6 Å². The number of ether oxygens (including phenoxy) is 1. The van der Waals surface area contributed by atoms with Gasteiger partial charge in [-0.05, 0) is 47.2 Å². The van der Waals surface area contributed by atoms with Gasteiger partial charge in [0.15, 0.2) is 5.69 Å². The Morgan fingerprint density at radius 2 is 1.78 bits per heavy atom. The number of nitrogens with zero attached hydrogens (tertiary/aromatic N) is 4. The lowest BCUT2D eigenvalue weighted by Gasteiger charge is -2.22. The molecule has 0 bridgehead atoms. The number of aromatic nitrogens is 4. The zero-order valence-electron chi connectivity index (χ0n) is 23.8. The third kappa shape index (κ3) is 8.54. The number of anilines is 1. The monoisotopic (exact) mass is 646 g/mol. The molecule has 2 amide bonds. The molecule has 1 aliphatic heterocycles. The number of hydrogen-bond acceptors (Lipinski definition) is 9. The number of hydrogen-bond donors (Lipinski definition) is 2. The third-order valence-corrected chi connectivity index (χ3v) is 8.27. The van der Waals surface area contributed by atoms with E-state index >= 15 is 0 Å². The van der Waals surface area contributed by atoms with Crippen molar-refractivity contribution in [2.75, 3.05) is 30.8 Å². The Bertz CT molecular complexity index is 1780. The number of benzene rings is 2. The van der Waals surface area contributed by atoms with Gasteiger partial charge in [-0.25, -0.2) is 9.67 Å². The highest BCUT2D eigenvalue weighted by Gasteiger charge is 2.31. The number of halogens is 3. The Labute approximate surface area is 256 Å². The van der Waals surface area contributed by atoms with Crippen LogP contribution < -0.4 is 14.8 Å². The molecule has 0 radical (unpaired) electrons. The second kappa shape index (κ2) is 13.6. The number of carbonyl (C=O) groups excluding carboxylic acids is 2. The zero-order chi connectivity index (χ0) is 32.0. The van der Waals surface area contributed by atoms with E-state index in [1.54, 1.807) is 41.3 Å². The molecule has 0 spiro atoms. The molecular weight excluding hydrogens is 617 g/mol. The normalized spacial score (nSPS) is 14.3. The van der Waals surface area contributed by atoms with Gasteiger partial charge in [-0.15, -0.1) is 5.10 Å². The predicted molar refractivity (Wildman–Crippen MR) is 156 cm³/mol. The summed E-state index contributed by atoms with van der Waals surface area (Å²) in [5.74, 6) is -3.13. The largest absolute Gasteiger partial charge is 0.390 e. The summed E-state index contributed by atoms with van der Waals surface area (Å²) in [5.41, 5.74) is 0.749. The summed E-state index contributed by atoms with van der Waals surface area (Å²) < 4.78 is 74.0. The fourth-order valence-corrected chi connectivity index (χ4v) is 5.74. The smallest absolute Gasteiger partial charge is 0.381 e. The second-order valence-electron chi connectivity index (χ2n) is 10.4. The summed E-state index contributed by atoms with van der Waals surface area (Å²) in [6.45, 7) is 1.77. The van der Waals surface area contributed by atoms with Crippen LogP contribution in [0.3, 0.4) is 0 Å². The van der Waals surface area contributed by atoms with Crippen LogP contribution in [0.5, 0.6) is 5.88 Å². The second-order valence-corrected chi connectivity index (χ2v) is 12.1. The molecule has 2 N–H and O–H groups in total. The van der Waals surface area contributed by atoms with Crippen molar-refractivity contribution in [1.29, 1.82) is 0 Å². The summed E-state index contributed by atoms with van der Waals surface area (Å²) >= 11 is 0. The summed E-state index contributed by atoms with van der Waals surface area (Å²) in [6, 6.07) is 12.9. The Hall–Kier alpha value is -4.57. The Morgan fingerprint density at radius 3 is 2.49 bits per heavy atom. The molecule has 0 saturated carbocycles. The topological polar surface area (TPSA) is 154 Å². The van der Waals surface area contributed by atoms with Gasteiger partial charge in [0.1, 0.15) is 0 Å². The molecule has 0 atom stereocenters. The number of rotatable bonds is 11. The van der Waals surface area contributed by atoms with E-state index in [4.69, 9.17) is 8.92 Å². The fraction of sp³-hybridized carbons (Fsp3) is 0.345. The van der Waals surface area contributed by atoms with Crippen LogP contribution in [0.4, 0.5) is 18.9 Å². The Kier molecular flexibility index (Phi) is 9.63. The molecule has 2 aromatic heterocycles. The quantitative estimate of drug-likeness (QED) is 0.231. The minimum atomic E-state index is -4.72. The van der Waals surface area contributed by atoms with Gasteiger partial charge in [-0.2, -0.15) is 21.6 Å². The standard InChI is InChI=1S/C29H29F3N6O6S/c30-29(31,32)11-16-45(41,42)44-25-8-7-24(26(36-25)28(40)33-17-19-9-14-43-15-10-19)35-27(39)23-6-5-20(18-38-13-12-34-37-38)21-3-1-2-4-22(21)23/h1-8,12-13,19H,9-11,14-18H2,(H,33,40)(H,35,39). The van der Waals surface area contributed by atoms with E-state index in [-0.39, 0.29) is 29.4 Å². The first-order valence-electron chi connectivity index (χ1n) is 14.0. The van der Waals surface area contributed by atoms with Crippen LogP contribution in [0, 0.1) is 5.92 Å². The highest BCUT2D eigenvalue weighted by atomic mass is 32.2. The van der Waals surface area contributed by atoms with Crippen molar-refractivity contribution < 1.29 is 40.1 Å². The highest BCUT2D eigenvalue weighted by Crippen LogP contribution is 2.27. The third-order valence-electron chi connectivity index (χ3n) is 7.14. The van der Waals surface area contributed by atoms with Gasteiger partial charge in [0.05, 0.1) is 30.6 Å². The van der Waals surface area contributed by atoms with Crippen LogP contribution in [0.15, 0.2) is 60.9 Å². The van der Waals surface area contributed by atoms with Crippen LogP contribution in [-0.4, -0.2) is 71.9 Å².